The zero-order valence-corrected chi connectivity index (χ0v) is 17.4. The lowest BCUT2D eigenvalue weighted by Crippen LogP contribution is -2.33. The SMILES string of the molecule is COc1cc(C(=O)c2c(NCCNC(N)=O)oc3c(O)c(C)ccc23)cc(C)c1C. The fourth-order valence-electron chi connectivity index (χ4n) is 3.27. The molecule has 0 saturated carbocycles. The van der Waals surface area contributed by atoms with E-state index >= 15 is 0 Å². The second kappa shape index (κ2) is 8.36. The second-order valence-corrected chi connectivity index (χ2v) is 7.08. The molecule has 8 heteroatoms. The molecule has 158 valence electrons. The molecule has 0 fully saturated rings. The van der Waals surface area contributed by atoms with Gasteiger partial charge in [-0.2, -0.15) is 0 Å². The number of fused-ring (bicyclic) bond motifs is 1. The molecular weight excluding hydrogens is 386 g/mol. The Bertz CT molecular complexity index is 1130. The van der Waals surface area contributed by atoms with E-state index in [1.165, 1.54) is 0 Å². The number of furan rings is 1. The first-order valence-corrected chi connectivity index (χ1v) is 9.46. The van der Waals surface area contributed by atoms with Gasteiger partial charge in [-0.3, -0.25) is 4.79 Å². The van der Waals surface area contributed by atoms with Crippen LogP contribution in [0.25, 0.3) is 11.0 Å². The number of amides is 2. The third-order valence-corrected chi connectivity index (χ3v) is 5.07. The number of methoxy groups -OCH3 is 1. The quantitative estimate of drug-likeness (QED) is 0.349. The number of hydrogen-bond acceptors (Lipinski definition) is 6. The molecule has 0 unspecified atom stereocenters. The minimum Gasteiger partial charge on any atom is -0.504 e. The number of anilines is 1. The molecule has 2 amide bonds. The van der Waals surface area contributed by atoms with Crippen LogP contribution in [0.4, 0.5) is 10.7 Å². The summed E-state index contributed by atoms with van der Waals surface area (Å²) in [5.41, 5.74) is 8.54. The van der Waals surface area contributed by atoms with Crippen LogP contribution < -0.4 is 21.1 Å². The molecule has 30 heavy (non-hydrogen) atoms. The maximum absolute atomic E-state index is 13.5. The van der Waals surface area contributed by atoms with Gasteiger partial charge in [0.2, 0.25) is 5.88 Å². The maximum Gasteiger partial charge on any atom is 0.312 e. The number of aryl methyl sites for hydroxylation is 2. The number of phenols is 1. The summed E-state index contributed by atoms with van der Waals surface area (Å²) in [6, 6.07) is 6.31. The van der Waals surface area contributed by atoms with Gasteiger partial charge in [-0.15, -0.1) is 0 Å². The number of nitrogens with one attached hydrogen (secondary N) is 2. The van der Waals surface area contributed by atoms with Crippen LogP contribution in [0, 0.1) is 20.8 Å². The largest absolute Gasteiger partial charge is 0.504 e. The second-order valence-electron chi connectivity index (χ2n) is 7.08. The molecule has 8 nitrogen and oxygen atoms in total. The van der Waals surface area contributed by atoms with Gasteiger partial charge in [0.15, 0.2) is 17.1 Å². The Kier molecular flexibility index (Phi) is 5.86. The lowest BCUT2D eigenvalue weighted by atomic mass is 9.97. The summed E-state index contributed by atoms with van der Waals surface area (Å²) in [5, 5.41) is 16.4. The number of urea groups is 1. The fraction of sp³-hybridized carbons (Fsp3) is 0.273. The smallest absolute Gasteiger partial charge is 0.312 e. The monoisotopic (exact) mass is 411 g/mol. The first-order chi connectivity index (χ1) is 14.2. The number of aromatic hydroxyl groups is 1. The first-order valence-electron chi connectivity index (χ1n) is 9.46. The van der Waals surface area contributed by atoms with Crippen LogP contribution in [0.2, 0.25) is 0 Å². The van der Waals surface area contributed by atoms with Crippen molar-refractivity contribution in [3.05, 3.63) is 52.1 Å². The van der Waals surface area contributed by atoms with E-state index in [9.17, 15) is 14.7 Å². The minimum absolute atomic E-state index is 0.0254. The number of phenolic OH excluding ortho intramolecular Hbond substituents is 1. The van der Waals surface area contributed by atoms with Crippen molar-refractivity contribution < 1.29 is 23.8 Å². The number of carbonyl (C=O) groups is 2. The molecule has 1 aromatic heterocycles. The van der Waals surface area contributed by atoms with E-state index in [1.807, 2.05) is 13.8 Å². The van der Waals surface area contributed by atoms with E-state index in [-0.39, 0.29) is 36.1 Å². The summed E-state index contributed by atoms with van der Waals surface area (Å²) in [7, 11) is 1.56. The molecule has 0 aliphatic heterocycles. The Morgan fingerprint density at radius 2 is 1.87 bits per heavy atom. The van der Waals surface area contributed by atoms with Crippen molar-refractivity contribution >= 4 is 28.7 Å². The van der Waals surface area contributed by atoms with Crippen molar-refractivity contribution in [2.45, 2.75) is 20.8 Å². The number of primary amides is 1. The Hall–Kier alpha value is -3.68. The lowest BCUT2D eigenvalue weighted by molar-refractivity contribution is 0.104. The van der Waals surface area contributed by atoms with Gasteiger partial charge in [-0.1, -0.05) is 6.07 Å². The van der Waals surface area contributed by atoms with Crippen LogP contribution in [0.3, 0.4) is 0 Å². The number of carbonyl (C=O) groups excluding carboxylic acids is 2. The molecule has 3 aromatic rings. The highest BCUT2D eigenvalue weighted by atomic mass is 16.5. The number of ether oxygens (including phenoxy) is 1. The van der Waals surface area contributed by atoms with E-state index in [1.54, 1.807) is 38.3 Å². The van der Waals surface area contributed by atoms with E-state index < -0.39 is 6.03 Å². The molecular formula is C22H25N3O5. The van der Waals surface area contributed by atoms with Crippen molar-refractivity contribution in [2.24, 2.45) is 5.73 Å². The molecule has 3 rings (SSSR count). The zero-order chi connectivity index (χ0) is 22.0. The topological polar surface area (TPSA) is 127 Å². The molecule has 5 N–H and O–H groups in total. The van der Waals surface area contributed by atoms with Crippen LogP contribution >= 0.6 is 0 Å². The predicted molar refractivity (Wildman–Crippen MR) is 115 cm³/mol. The normalized spacial score (nSPS) is 10.8. The van der Waals surface area contributed by atoms with Crippen molar-refractivity contribution in [3.8, 4) is 11.5 Å². The highest BCUT2D eigenvalue weighted by Crippen LogP contribution is 2.38. The van der Waals surface area contributed by atoms with Crippen LogP contribution in [0.5, 0.6) is 11.5 Å². The standard InChI is InChI=1S/C22H25N3O5/c1-11-5-6-15-17(19(27)14-9-12(2)13(3)16(10-14)29-4)21(30-20(15)18(11)26)24-7-8-25-22(23)28/h5-6,9-10,24,26H,7-8H2,1-4H3,(H3,23,25,28). The number of nitrogens with two attached hydrogens (primary N) is 1. The summed E-state index contributed by atoms with van der Waals surface area (Å²) in [6.07, 6.45) is 0. The molecule has 0 radical (unpaired) electrons. The number of benzene rings is 2. The van der Waals surface area contributed by atoms with E-state index in [0.29, 0.717) is 27.8 Å². The van der Waals surface area contributed by atoms with Crippen molar-refractivity contribution in [1.82, 2.24) is 5.32 Å². The number of rotatable bonds is 7. The molecule has 0 spiro atoms. The average Bonchev–Trinajstić information content (AvgIpc) is 3.08. The van der Waals surface area contributed by atoms with E-state index in [2.05, 4.69) is 10.6 Å². The van der Waals surface area contributed by atoms with Gasteiger partial charge in [0.1, 0.15) is 5.75 Å². The summed E-state index contributed by atoms with van der Waals surface area (Å²) < 4.78 is 11.2. The Morgan fingerprint density at radius 1 is 1.13 bits per heavy atom. The lowest BCUT2D eigenvalue weighted by Gasteiger charge is -2.11. The average molecular weight is 411 g/mol. The zero-order valence-electron chi connectivity index (χ0n) is 17.4. The number of ketones is 1. The summed E-state index contributed by atoms with van der Waals surface area (Å²) in [4.78, 5) is 24.4. The fourth-order valence-corrected chi connectivity index (χ4v) is 3.27. The van der Waals surface area contributed by atoms with Gasteiger partial charge in [-0.05, 0) is 55.7 Å². The first kappa shape index (κ1) is 21.0. The van der Waals surface area contributed by atoms with E-state index in [4.69, 9.17) is 14.9 Å². The Balaban J connectivity index is 2.09. The number of hydrogen-bond donors (Lipinski definition) is 4. The molecule has 1 heterocycles. The Morgan fingerprint density at radius 3 is 2.53 bits per heavy atom. The highest BCUT2D eigenvalue weighted by molar-refractivity contribution is 6.20. The van der Waals surface area contributed by atoms with Gasteiger partial charge < -0.3 is 30.6 Å². The molecule has 0 saturated heterocycles. The third kappa shape index (κ3) is 3.89. The van der Waals surface area contributed by atoms with Crippen LogP contribution in [-0.2, 0) is 0 Å². The van der Waals surface area contributed by atoms with Gasteiger partial charge in [0, 0.05) is 24.0 Å². The third-order valence-electron chi connectivity index (χ3n) is 5.07. The summed E-state index contributed by atoms with van der Waals surface area (Å²) in [6.45, 7) is 6.10. The van der Waals surface area contributed by atoms with Crippen LogP contribution in [-0.4, -0.2) is 37.1 Å². The highest BCUT2D eigenvalue weighted by Gasteiger charge is 2.25. The van der Waals surface area contributed by atoms with Gasteiger partial charge in [0.25, 0.3) is 0 Å². The van der Waals surface area contributed by atoms with Gasteiger partial charge >= 0.3 is 6.03 Å². The summed E-state index contributed by atoms with van der Waals surface area (Å²) >= 11 is 0. The van der Waals surface area contributed by atoms with Crippen LogP contribution in [0.1, 0.15) is 32.6 Å². The predicted octanol–water partition coefficient (Wildman–Crippen LogP) is 3.38. The van der Waals surface area contributed by atoms with Crippen molar-refractivity contribution in [1.29, 1.82) is 0 Å². The molecule has 0 atom stereocenters. The minimum atomic E-state index is -0.645. The summed E-state index contributed by atoms with van der Waals surface area (Å²) in [5.74, 6) is 0.524. The van der Waals surface area contributed by atoms with Crippen molar-refractivity contribution in [2.75, 3.05) is 25.5 Å². The van der Waals surface area contributed by atoms with E-state index in [0.717, 1.165) is 11.1 Å². The maximum atomic E-state index is 13.5. The Labute approximate surface area is 174 Å². The molecule has 2 aromatic carbocycles. The van der Waals surface area contributed by atoms with Gasteiger partial charge in [0.05, 0.1) is 12.7 Å². The molecule has 0 bridgehead atoms. The van der Waals surface area contributed by atoms with Gasteiger partial charge in [-0.25, -0.2) is 4.79 Å². The molecule has 0 aliphatic carbocycles. The molecule has 0 aliphatic rings. The van der Waals surface area contributed by atoms with Crippen LogP contribution in [0.15, 0.2) is 28.7 Å². The van der Waals surface area contributed by atoms with Crippen molar-refractivity contribution in [3.63, 3.8) is 0 Å².